The monoisotopic (exact) mass is 387 g/mol. The molecule has 144 valence electrons. The van der Waals surface area contributed by atoms with Gasteiger partial charge in [-0.3, -0.25) is 9.59 Å². The summed E-state index contributed by atoms with van der Waals surface area (Å²) in [5, 5.41) is 9.68. The second kappa shape index (κ2) is 7.59. The van der Waals surface area contributed by atoms with Crippen LogP contribution in [-0.2, 0) is 11.2 Å². The fraction of sp³-hybridized carbons (Fsp3) is 0.0870. The van der Waals surface area contributed by atoms with Crippen molar-refractivity contribution in [2.45, 2.75) is 6.42 Å². The van der Waals surface area contributed by atoms with Gasteiger partial charge in [-0.05, 0) is 42.0 Å². The van der Waals surface area contributed by atoms with Gasteiger partial charge in [0.05, 0.1) is 23.4 Å². The summed E-state index contributed by atoms with van der Waals surface area (Å²) in [6, 6.07) is 19.9. The number of carbonyl (C=O) groups is 3. The molecule has 6 nitrogen and oxygen atoms in total. The third-order valence-corrected chi connectivity index (χ3v) is 4.74. The number of amides is 2. The van der Waals surface area contributed by atoms with E-state index in [1.165, 1.54) is 12.1 Å². The van der Waals surface area contributed by atoms with E-state index in [2.05, 4.69) is 0 Å². The van der Waals surface area contributed by atoms with E-state index >= 15 is 0 Å². The SMILES string of the molecule is O=C(OCCc1ccc(N2C(=O)c3ccccc3C2=O)cc1)c1ccccc1O. The number of ether oxygens (including phenoxy) is 1. The maximum atomic E-state index is 12.5. The number of benzene rings is 3. The van der Waals surface area contributed by atoms with Crippen LogP contribution in [0.25, 0.3) is 0 Å². The molecule has 1 N–H and O–H groups in total. The van der Waals surface area contributed by atoms with E-state index in [0.29, 0.717) is 23.2 Å². The number of carbonyl (C=O) groups excluding carboxylic acids is 3. The van der Waals surface area contributed by atoms with Gasteiger partial charge in [-0.1, -0.05) is 36.4 Å². The molecule has 4 rings (SSSR count). The van der Waals surface area contributed by atoms with Gasteiger partial charge in [0.1, 0.15) is 11.3 Å². The van der Waals surface area contributed by atoms with Crippen LogP contribution >= 0.6 is 0 Å². The molecule has 0 aromatic heterocycles. The summed E-state index contributed by atoms with van der Waals surface area (Å²) in [6.07, 6.45) is 0.460. The molecule has 3 aromatic rings. The van der Waals surface area contributed by atoms with Crippen molar-refractivity contribution in [3.05, 3.63) is 95.1 Å². The standard InChI is InChI=1S/C23H17NO5/c25-20-8-4-3-7-19(20)23(28)29-14-13-15-9-11-16(12-10-15)24-21(26)17-5-1-2-6-18(17)22(24)27/h1-12,25H,13-14H2. The third-order valence-electron chi connectivity index (χ3n) is 4.74. The number of phenolic OH excluding ortho intramolecular Hbond substituents is 1. The molecular formula is C23H17NO5. The van der Waals surface area contributed by atoms with Gasteiger partial charge in [0.15, 0.2) is 0 Å². The fourth-order valence-electron chi connectivity index (χ4n) is 3.22. The van der Waals surface area contributed by atoms with Crippen molar-refractivity contribution in [3.63, 3.8) is 0 Å². The van der Waals surface area contributed by atoms with Gasteiger partial charge in [0.25, 0.3) is 11.8 Å². The van der Waals surface area contributed by atoms with E-state index in [1.54, 1.807) is 60.7 Å². The van der Waals surface area contributed by atoms with Crippen molar-refractivity contribution >= 4 is 23.5 Å². The zero-order valence-electron chi connectivity index (χ0n) is 15.4. The Morgan fingerprint density at radius 2 is 1.41 bits per heavy atom. The summed E-state index contributed by atoms with van der Waals surface area (Å²) >= 11 is 0. The van der Waals surface area contributed by atoms with Gasteiger partial charge in [-0.2, -0.15) is 0 Å². The summed E-state index contributed by atoms with van der Waals surface area (Å²) in [7, 11) is 0. The number of imide groups is 1. The molecular weight excluding hydrogens is 370 g/mol. The van der Waals surface area contributed by atoms with Crippen LogP contribution in [0.1, 0.15) is 36.6 Å². The van der Waals surface area contributed by atoms with Crippen molar-refractivity contribution in [2.75, 3.05) is 11.5 Å². The number of hydrogen-bond acceptors (Lipinski definition) is 5. The molecule has 0 atom stereocenters. The van der Waals surface area contributed by atoms with Crippen molar-refractivity contribution in [1.29, 1.82) is 0 Å². The third kappa shape index (κ3) is 3.48. The molecule has 0 unspecified atom stereocenters. The highest BCUT2D eigenvalue weighted by Crippen LogP contribution is 2.28. The lowest BCUT2D eigenvalue weighted by Gasteiger charge is -2.14. The predicted octanol–water partition coefficient (Wildman–Crippen LogP) is 3.59. The lowest BCUT2D eigenvalue weighted by molar-refractivity contribution is 0.0505. The van der Waals surface area contributed by atoms with Crippen molar-refractivity contribution < 1.29 is 24.2 Å². The molecule has 1 heterocycles. The lowest BCUT2D eigenvalue weighted by Crippen LogP contribution is -2.29. The first-order chi connectivity index (χ1) is 14.1. The largest absolute Gasteiger partial charge is 0.507 e. The molecule has 0 saturated carbocycles. The van der Waals surface area contributed by atoms with Crippen LogP contribution in [0.3, 0.4) is 0 Å². The van der Waals surface area contributed by atoms with E-state index in [4.69, 9.17) is 4.74 Å². The number of para-hydroxylation sites is 1. The zero-order valence-corrected chi connectivity index (χ0v) is 15.4. The lowest BCUT2D eigenvalue weighted by atomic mass is 10.1. The molecule has 2 amide bonds. The summed E-state index contributed by atoms with van der Waals surface area (Å²) in [6.45, 7) is 0.138. The van der Waals surface area contributed by atoms with Crippen molar-refractivity contribution in [3.8, 4) is 5.75 Å². The van der Waals surface area contributed by atoms with E-state index in [9.17, 15) is 19.5 Å². The van der Waals surface area contributed by atoms with Crippen LogP contribution in [0.5, 0.6) is 5.75 Å². The predicted molar refractivity (Wildman–Crippen MR) is 106 cm³/mol. The van der Waals surface area contributed by atoms with Crippen LogP contribution in [0.15, 0.2) is 72.8 Å². The number of rotatable bonds is 5. The van der Waals surface area contributed by atoms with Crippen LogP contribution in [0.4, 0.5) is 5.69 Å². The second-order valence-electron chi connectivity index (χ2n) is 6.56. The molecule has 0 radical (unpaired) electrons. The minimum atomic E-state index is -0.592. The Morgan fingerprint density at radius 3 is 2.03 bits per heavy atom. The molecule has 1 aliphatic heterocycles. The Hall–Kier alpha value is -3.93. The summed E-state index contributed by atoms with van der Waals surface area (Å²) in [5.74, 6) is -1.39. The number of anilines is 1. The maximum Gasteiger partial charge on any atom is 0.341 e. The van der Waals surface area contributed by atoms with E-state index in [0.717, 1.165) is 10.5 Å². The molecule has 3 aromatic carbocycles. The van der Waals surface area contributed by atoms with Gasteiger partial charge < -0.3 is 9.84 Å². The van der Waals surface area contributed by atoms with Gasteiger partial charge in [-0.25, -0.2) is 9.69 Å². The average Bonchev–Trinajstić information content (AvgIpc) is 2.99. The topological polar surface area (TPSA) is 83.9 Å². The summed E-state index contributed by atoms with van der Waals surface area (Å²) < 4.78 is 5.20. The first-order valence-electron chi connectivity index (χ1n) is 9.08. The Kier molecular flexibility index (Phi) is 4.83. The first kappa shape index (κ1) is 18.4. The number of esters is 1. The molecule has 0 spiro atoms. The smallest absolute Gasteiger partial charge is 0.341 e. The van der Waals surface area contributed by atoms with Gasteiger partial charge in [0.2, 0.25) is 0 Å². The number of hydrogen-bond donors (Lipinski definition) is 1. The van der Waals surface area contributed by atoms with Gasteiger partial charge in [0, 0.05) is 6.42 Å². The summed E-state index contributed by atoms with van der Waals surface area (Å²) in [4.78, 5) is 38.2. The second-order valence-corrected chi connectivity index (χ2v) is 6.56. The molecule has 0 bridgehead atoms. The molecule has 29 heavy (non-hydrogen) atoms. The fourth-order valence-corrected chi connectivity index (χ4v) is 3.22. The Balaban J connectivity index is 1.39. The molecule has 0 aliphatic carbocycles. The Morgan fingerprint density at radius 1 is 0.828 bits per heavy atom. The zero-order chi connectivity index (χ0) is 20.4. The Labute approximate surface area is 167 Å². The molecule has 0 saturated heterocycles. The van der Waals surface area contributed by atoms with Crippen molar-refractivity contribution in [2.24, 2.45) is 0 Å². The minimum absolute atomic E-state index is 0.119. The molecule has 1 aliphatic rings. The molecule has 6 heteroatoms. The summed E-state index contributed by atoms with van der Waals surface area (Å²) in [5.41, 5.74) is 2.30. The van der Waals surface area contributed by atoms with E-state index in [-0.39, 0.29) is 29.7 Å². The van der Waals surface area contributed by atoms with Gasteiger partial charge in [-0.15, -0.1) is 0 Å². The number of fused-ring (bicyclic) bond motifs is 1. The highest BCUT2D eigenvalue weighted by Gasteiger charge is 2.36. The van der Waals surface area contributed by atoms with Crippen molar-refractivity contribution in [1.82, 2.24) is 0 Å². The highest BCUT2D eigenvalue weighted by atomic mass is 16.5. The highest BCUT2D eigenvalue weighted by molar-refractivity contribution is 6.34. The van der Waals surface area contributed by atoms with Crippen LogP contribution in [0.2, 0.25) is 0 Å². The normalized spacial score (nSPS) is 12.8. The van der Waals surface area contributed by atoms with Crippen LogP contribution in [0, 0.1) is 0 Å². The number of nitrogens with zero attached hydrogens (tertiary/aromatic N) is 1. The van der Waals surface area contributed by atoms with E-state index in [1.807, 2.05) is 0 Å². The number of phenols is 1. The molecule has 0 fully saturated rings. The van der Waals surface area contributed by atoms with Gasteiger partial charge >= 0.3 is 5.97 Å². The van der Waals surface area contributed by atoms with Crippen LogP contribution in [-0.4, -0.2) is 29.5 Å². The average molecular weight is 387 g/mol. The van der Waals surface area contributed by atoms with Crippen LogP contribution < -0.4 is 4.90 Å². The minimum Gasteiger partial charge on any atom is -0.507 e. The Bertz CT molecular complexity index is 1070. The number of aromatic hydroxyl groups is 1. The maximum absolute atomic E-state index is 12.5. The quantitative estimate of drug-likeness (QED) is 0.534. The first-order valence-corrected chi connectivity index (χ1v) is 9.08. The van der Waals surface area contributed by atoms with E-state index < -0.39 is 5.97 Å².